The molecule has 1 saturated carbocycles. The molecule has 0 radical (unpaired) electrons. The maximum absolute atomic E-state index is 11.7. The monoisotopic (exact) mass is 225 g/mol. The second-order valence-electron chi connectivity index (χ2n) is 5.42. The van der Waals surface area contributed by atoms with Crippen molar-refractivity contribution in [1.29, 1.82) is 0 Å². The molecule has 4 nitrogen and oxygen atoms in total. The van der Waals surface area contributed by atoms with Crippen LogP contribution in [0.5, 0.6) is 0 Å². The fourth-order valence-electron chi connectivity index (χ4n) is 2.50. The number of carbonyl (C=O) groups excluding carboxylic acids is 1. The smallest absolute Gasteiger partial charge is 0.234 e. The average molecular weight is 225 g/mol. The van der Waals surface area contributed by atoms with E-state index in [0.29, 0.717) is 12.6 Å². The Balaban J connectivity index is 1.63. The number of amides is 1. The predicted octanol–water partition coefficient (Wildman–Crippen LogP) is 0.149. The van der Waals surface area contributed by atoms with E-state index in [1.54, 1.807) is 0 Å². The van der Waals surface area contributed by atoms with Gasteiger partial charge in [-0.15, -0.1) is 0 Å². The highest BCUT2D eigenvalue weighted by Gasteiger charge is 2.27. The van der Waals surface area contributed by atoms with E-state index in [1.165, 1.54) is 0 Å². The fourth-order valence-corrected chi connectivity index (χ4v) is 2.50. The first kappa shape index (κ1) is 11.9. The van der Waals surface area contributed by atoms with Crippen molar-refractivity contribution in [2.75, 3.05) is 39.8 Å². The summed E-state index contributed by atoms with van der Waals surface area (Å²) in [7, 11) is 2.13. The van der Waals surface area contributed by atoms with E-state index in [1.807, 2.05) is 0 Å². The van der Waals surface area contributed by atoms with Crippen molar-refractivity contribution in [3.63, 3.8) is 0 Å². The minimum absolute atomic E-state index is 0.210. The normalized spacial score (nSPS) is 32.1. The lowest BCUT2D eigenvalue weighted by Gasteiger charge is -2.35. The molecule has 2 aliphatic rings. The van der Waals surface area contributed by atoms with Gasteiger partial charge in [0.15, 0.2) is 0 Å². The van der Waals surface area contributed by atoms with Crippen LogP contribution in [0.3, 0.4) is 0 Å². The van der Waals surface area contributed by atoms with Gasteiger partial charge in [0.2, 0.25) is 5.91 Å². The largest absolute Gasteiger partial charge is 0.352 e. The van der Waals surface area contributed by atoms with Crippen LogP contribution in [0.1, 0.15) is 19.8 Å². The highest BCUT2D eigenvalue weighted by molar-refractivity contribution is 5.78. The zero-order valence-electron chi connectivity index (χ0n) is 10.4. The highest BCUT2D eigenvalue weighted by atomic mass is 16.2. The second kappa shape index (κ2) is 5.15. The van der Waals surface area contributed by atoms with Gasteiger partial charge in [0.1, 0.15) is 0 Å². The molecular weight excluding hydrogens is 202 g/mol. The van der Waals surface area contributed by atoms with Gasteiger partial charge < -0.3 is 10.2 Å². The predicted molar refractivity (Wildman–Crippen MR) is 64.3 cm³/mol. The third-order valence-corrected chi connectivity index (χ3v) is 3.70. The maximum Gasteiger partial charge on any atom is 0.234 e. The van der Waals surface area contributed by atoms with E-state index in [9.17, 15) is 4.79 Å². The molecule has 2 rings (SSSR count). The summed E-state index contributed by atoms with van der Waals surface area (Å²) in [5, 5.41) is 3.11. The Bertz CT molecular complexity index is 243. The minimum Gasteiger partial charge on any atom is -0.352 e. The van der Waals surface area contributed by atoms with E-state index < -0.39 is 0 Å². The molecule has 0 bridgehead atoms. The lowest BCUT2D eigenvalue weighted by atomic mass is 9.82. The average Bonchev–Trinajstić information content (AvgIpc) is 2.19. The zero-order valence-corrected chi connectivity index (χ0v) is 10.4. The van der Waals surface area contributed by atoms with Gasteiger partial charge in [-0.25, -0.2) is 0 Å². The van der Waals surface area contributed by atoms with Gasteiger partial charge in [-0.2, -0.15) is 0 Å². The summed E-state index contributed by atoms with van der Waals surface area (Å²) in [6, 6.07) is 0.454. The second-order valence-corrected chi connectivity index (χ2v) is 5.42. The molecule has 1 N–H and O–H groups in total. The molecular formula is C12H23N3O. The standard InChI is InChI=1S/C12H23N3O/c1-10-7-11(8-10)13-12(16)9-15-5-3-14(2)4-6-15/h10-11H,3-9H2,1-2H3,(H,13,16). The first-order valence-electron chi connectivity index (χ1n) is 6.34. The van der Waals surface area contributed by atoms with Gasteiger partial charge in [-0.3, -0.25) is 9.69 Å². The molecule has 16 heavy (non-hydrogen) atoms. The summed E-state index contributed by atoms with van der Waals surface area (Å²) in [6.07, 6.45) is 2.32. The SMILES string of the molecule is CC1CC(NC(=O)CN2CCN(C)CC2)C1. The Morgan fingerprint density at radius 3 is 2.44 bits per heavy atom. The number of rotatable bonds is 3. The van der Waals surface area contributed by atoms with Crippen molar-refractivity contribution in [1.82, 2.24) is 15.1 Å². The molecule has 92 valence electrons. The lowest BCUT2D eigenvalue weighted by molar-refractivity contribution is -0.124. The Morgan fingerprint density at radius 1 is 1.25 bits per heavy atom. The maximum atomic E-state index is 11.7. The molecule has 0 aromatic heterocycles. The Kier molecular flexibility index (Phi) is 3.82. The molecule has 4 heteroatoms. The molecule has 1 amide bonds. The van der Waals surface area contributed by atoms with Gasteiger partial charge in [-0.1, -0.05) is 6.92 Å². The van der Waals surface area contributed by atoms with E-state index >= 15 is 0 Å². The van der Waals surface area contributed by atoms with Crippen molar-refractivity contribution in [3.05, 3.63) is 0 Å². The van der Waals surface area contributed by atoms with Crippen molar-refractivity contribution >= 4 is 5.91 Å². The summed E-state index contributed by atoms with van der Waals surface area (Å²) in [4.78, 5) is 16.3. The van der Waals surface area contributed by atoms with Crippen molar-refractivity contribution in [2.45, 2.75) is 25.8 Å². The summed E-state index contributed by atoms with van der Waals surface area (Å²) in [6.45, 7) is 7.01. The fraction of sp³-hybridized carbons (Fsp3) is 0.917. The molecule has 0 atom stereocenters. The highest BCUT2D eigenvalue weighted by Crippen LogP contribution is 2.26. The Hall–Kier alpha value is -0.610. The number of piperazine rings is 1. The minimum atomic E-state index is 0.210. The van der Waals surface area contributed by atoms with E-state index in [0.717, 1.165) is 44.9 Å². The number of nitrogens with one attached hydrogen (secondary N) is 1. The third kappa shape index (κ3) is 3.19. The Morgan fingerprint density at radius 2 is 1.88 bits per heavy atom. The van der Waals surface area contributed by atoms with E-state index in [4.69, 9.17) is 0 Å². The summed E-state index contributed by atoms with van der Waals surface area (Å²) in [5.74, 6) is 1.01. The van der Waals surface area contributed by atoms with Gasteiger partial charge in [0, 0.05) is 32.2 Å². The van der Waals surface area contributed by atoms with Crippen molar-refractivity contribution in [2.24, 2.45) is 5.92 Å². The molecule has 1 aliphatic heterocycles. The van der Waals surface area contributed by atoms with Crippen LogP contribution < -0.4 is 5.32 Å². The number of likely N-dealkylation sites (N-methyl/N-ethyl adjacent to an activating group) is 1. The molecule has 0 unspecified atom stereocenters. The molecule has 1 heterocycles. The quantitative estimate of drug-likeness (QED) is 0.742. The summed E-state index contributed by atoms with van der Waals surface area (Å²) < 4.78 is 0. The number of carbonyl (C=O) groups is 1. The van der Waals surface area contributed by atoms with Crippen LogP contribution in [0.15, 0.2) is 0 Å². The Labute approximate surface area is 98.0 Å². The van der Waals surface area contributed by atoms with Crippen LogP contribution in [0, 0.1) is 5.92 Å². The van der Waals surface area contributed by atoms with Crippen LogP contribution in [-0.4, -0.2) is 61.5 Å². The molecule has 0 aromatic rings. The molecule has 2 fully saturated rings. The van der Waals surface area contributed by atoms with Crippen molar-refractivity contribution in [3.8, 4) is 0 Å². The number of hydrogen-bond acceptors (Lipinski definition) is 3. The van der Waals surface area contributed by atoms with Gasteiger partial charge in [0.05, 0.1) is 6.54 Å². The van der Waals surface area contributed by atoms with Crippen LogP contribution in [0.4, 0.5) is 0 Å². The molecule has 1 saturated heterocycles. The van der Waals surface area contributed by atoms with Gasteiger partial charge in [-0.05, 0) is 25.8 Å². The topological polar surface area (TPSA) is 35.6 Å². The van der Waals surface area contributed by atoms with Gasteiger partial charge >= 0.3 is 0 Å². The third-order valence-electron chi connectivity index (χ3n) is 3.70. The molecule has 0 aromatic carbocycles. The molecule has 1 aliphatic carbocycles. The van der Waals surface area contributed by atoms with Crippen molar-refractivity contribution < 1.29 is 4.79 Å². The number of hydrogen-bond donors (Lipinski definition) is 1. The molecule has 0 spiro atoms. The first-order valence-corrected chi connectivity index (χ1v) is 6.34. The lowest BCUT2D eigenvalue weighted by Crippen LogP contribution is -2.51. The number of nitrogens with zero attached hydrogens (tertiary/aromatic N) is 2. The van der Waals surface area contributed by atoms with Crippen LogP contribution in [-0.2, 0) is 4.79 Å². The van der Waals surface area contributed by atoms with E-state index in [2.05, 4.69) is 29.1 Å². The first-order chi connectivity index (χ1) is 7.63. The van der Waals surface area contributed by atoms with Crippen LogP contribution in [0.25, 0.3) is 0 Å². The van der Waals surface area contributed by atoms with Crippen LogP contribution in [0.2, 0.25) is 0 Å². The van der Waals surface area contributed by atoms with E-state index in [-0.39, 0.29) is 5.91 Å². The summed E-state index contributed by atoms with van der Waals surface area (Å²) in [5.41, 5.74) is 0. The van der Waals surface area contributed by atoms with Gasteiger partial charge in [0.25, 0.3) is 0 Å². The zero-order chi connectivity index (χ0) is 11.5. The summed E-state index contributed by atoms with van der Waals surface area (Å²) >= 11 is 0. The van der Waals surface area contributed by atoms with Crippen LogP contribution >= 0.6 is 0 Å².